The van der Waals surface area contributed by atoms with E-state index < -0.39 is 14.8 Å². The Bertz CT molecular complexity index is 102. The Labute approximate surface area is 71.3 Å². The van der Waals surface area contributed by atoms with Gasteiger partial charge in [0.05, 0.1) is 0 Å². The van der Waals surface area contributed by atoms with Crippen molar-refractivity contribution in [1.29, 1.82) is 0 Å². The highest BCUT2D eigenvalue weighted by Gasteiger charge is 2.20. The monoisotopic (exact) mass is 176 g/mol. The smallest absolute Gasteiger partial charge is 0.174 e. The zero-order valence-electron chi connectivity index (χ0n) is 8.05. The highest BCUT2D eigenvalue weighted by molar-refractivity contribution is 6.48. The topological polar surface area (TPSA) is 29.5 Å². The lowest BCUT2D eigenvalue weighted by Gasteiger charge is -2.26. The second kappa shape index (κ2) is 4.90. The summed E-state index contributed by atoms with van der Waals surface area (Å²) >= 11 is 0. The van der Waals surface area contributed by atoms with Crippen molar-refractivity contribution in [3.63, 3.8) is 0 Å². The molecule has 0 bridgehead atoms. The van der Waals surface area contributed by atoms with Gasteiger partial charge in [0.2, 0.25) is 0 Å². The molecule has 1 N–H and O–H groups in total. The fraction of sp³-hybridized carbons (Fsp3) is 1.00. The van der Waals surface area contributed by atoms with E-state index in [0.29, 0.717) is 0 Å². The molecule has 1 atom stereocenters. The Morgan fingerprint density at radius 3 is 2.36 bits per heavy atom. The van der Waals surface area contributed by atoms with E-state index in [1.54, 1.807) is 6.92 Å². The van der Waals surface area contributed by atoms with Gasteiger partial charge in [-0.1, -0.05) is 13.3 Å². The lowest BCUT2D eigenvalue weighted by molar-refractivity contribution is -0.130. The molecular weight excluding hydrogens is 156 g/mol. The fourth-order valence-corrected chi connectivity index (χ4v) is 2.20. The molecular formula is C8H20O2Si. The van der Waals surface area contributed by atoms with Crippen LogP contribution >= 0.6 is 0 Å². The molecule has 3 heteroatoms. The van der Waals surface area contributed by atoms with Gasteiger partial charge in [-0.15, -0.1) is 0 Å². The first-order valence-electron chi connectivity index (χ1n) is 4.38. The van der Waals surface area contributed by atoms with Gasteiger partial charge in [0.1, 0.15) is 0 Å². The quantitative estimate of drug-likeness (QED) is 0.512. The number of hydrogen-bond donors (Lipinski definition) is 1. The van der Waals surface area contributed by atoms with Crippen LogP contribution in [0.4, 0.5) is 0 Å². The normalized spacial score (nSPS) is 16.9. The maximum Gasteiger partial charge on any atom is 0.174 e. The first-order chi connectivity index (χ1) is 4.98. The van der Waals surface area contributed by atoms with Gasteiger partial charge in [-0.3, -0.25) is 0 Å². The summed E-state index contributed by atoms with van der Waals surface area (Å²) in [4.78, 5) is 0. The number of unbranched alkanes of at least 4 members (excludes halogenated alkanes) is 1. The molecule has 0 aromatic heterocycles. The summed E-state index contributed by atoms with van der Waals surface area (Å²) in [5.74, 6) is -0.865. The van der Waals surface area contributed by atoms with E-state index in [1.807, 2.05) is 0 Å². The molecule has 2 nitrogen and oxygen atoms in total. The van der Waals surface area contributed by atoms with E-state index in [9.17, 15) is 5.11 Å². The van der Waals surface area contributed by atoms with E-state index in [2.05, 4.69) is 20.0 Å². The molecule has 0 aromatic rings. The van der Waals surface area contributed by atoms with Gasteiger partial charge in [-0.05, 0) is 32.9 Å². The average molecular weight is 176 g/mol. The zero-order chi connectivity index (χ0) is 8.91. The van der Waals surface area contributed by atoms with E-state index in [4.69, 9.17) is 4.43 Å². The summed E-state index contributed by atoms with van der Waals surface area (Å²) in [5.41, 5.74) is 0. The highest BCUT2D eigenvalue weighted by Crippen LogP contribution is 2.15. The third kappa shape index (κ3) is 6.53. The van der Waals surface area contributed by atoms with Gasteiger partial charge >= 0.3 is 0 Å². The molecule has 0 saturated carbocycles. The number of rotatable bonds is 5. The molecule has 11 heavy (non-hydrogen) atoms. The van der Waals surface area contributed by atoms with E-state index >= 15 is 0 Å². The van der Waals surface area contributed by atoms with Gasteiger partial charge in [0.25, 0.3) is 0 Å². The van der Waals surface area contributed by atoms with Crippen molar-refractivity contribution in [1.82, 2.24) is 0 Å². The number of hydrogen-bond acceptors (Lipinski definition) is 2. The van der Waals surface area contributed by atoms with Crippen LogP contribution in [-0.4, -0.2) is 19.9 Å². The van der Waals surface area contributed by atoms with Crippen molar-refractivity contribution in [3.05, 3.63) is 0 Å². The van der Waals surface area contributed by atoms with E-state index in [0.717, 1.165) is 19.3 Å². The molecule has 0 fully saturated rings. The predicted molar refractivity (Wildman–Crippen MR) is 50.1 cm³/mol. The van der Waals surface area contributed by atoms with Crippen LogP contribution < -0.4 is 0 Å². The molecule has 0 saturated heterocycles. The lowest BCUT2D eigenvalue weighted by atomic mass is 10.1. The molecule has 68 valence electrons. The van der Waals surface area contributed by atoms with Crippen molar-refractivity contribution in [2.75, 3.05) is 0 Å². The maximum atomic E-state index is 9.63. The molecule has 0 radical (unpaired) electrons. The summed E-state index contributed by atoms with van der Waals surface area (Å²) in [7, 11) is -1.09. The first-order valence-corrected chi connectivity index (χ1v) is 7.16. The maximum absolute atomic E-state index is 9.63. The Morgan fingerprint density at radius 2 is 2.00 bits per heavy atom. The van der Waals surface area contributed by atoms with Gasteiger partial charge in [-0.25, -0.2) is 0 Å². The predicted octanol–water partition coefficient (Wildman–Crippen LogP) is 1.89. The molecule has 0 aliphatic carbocycles. The zero-order valence-corrected chi connectivity index (χ0v) is 9.21. The Balaban J connectivity index is 3.61. The summed E-state index contributed by atoms with van der Waals surface area (Å²) in [6.07, 6.45) is 2.90. The Morgan fingerprint density at radius 1 is 1.45 bits per heavy atom. The van der Waals surface area contributed by atoms with E-state index in [1.165, 1.54) is 0 Å². The van der Waals surface area contributed by atoms with Crippen LogP contribution in [0.15, 0.2) is 0 Å². The molecule has 0 aliphatic rings. The first kappa shape index (κ1) is 11.1. The molecule has 0 rings (SSSR count). The van der Waals surface area contributed by atoms with Crippen molar-refractivity contribution in [3.8, 4) is 0 Å². The standard InChI is InChI=1S/C8H20O2Si/c1-5-6-7-8(2,9)10-11(3)4/h9,11H,5-7H2,1-4H3. The van der Waals surface area contributed by atoms with Crippen molar-refractivity contribution >= 4 is 9.04 Å². The molecule has 0 aromatic carbocycles. The second-order valence-corrected chi connectivity index (χ2v) is 5.78. The third-order valence-corrected chi connectivity index (χ3v) is 2.46. The lowest BCUT2D eigenvalue weighted by Crippen LogP contribution is -2.32. The van der Waals surface area contributed by atoms with Crippen LogP contribution in [0.1, 0.15) is 33.1 Å². The van der Waals surface area contributed by atoms with Crippen LogP contribution in [0.2, 0.25) is 13.1 Å². The van der Waals surface area contributed by atoms with Crippen molar-refractivity contribution < 1.29 is 9.53 Å². The minimum Gasteiger partial charge on any atom is -0.394 e. The average Bonchev–Trinajstić information content (AvgIpc) is 1.81. The second-order valence-electron chi connectivity index (χ2n) is 3.45. The summed E-state index contributed by atoms with van der Waals surface area (Å²) in [5, 5.41) is 9.63. The minimum atomic E-state index is -1.09. The molecule has 0 amide bonds. The molecule has 1 unspecified atom stereocenters. The van der Waals surface area contributed by atoms with Crippen molar-refractivity contribution in [2.24, 2.45) is 0 Å². The summed E-state index contributed by atoms with van der Waals surface area (Å²) < 4.78 is 5.43. The fourth-order valence-electron chi connectivity index (χ4n) is 1.07. The largest absolute Gasteiger partial charge is 0.394 e. The minimum absolute atomic E-state index is 0.759. The summed E-state index contributed by atoms with van der Waals surface area (Å²) in [6.45, 7) is 8.01. The third-order valence-electron chi connectivity index (χ3n) is 1.48. The summed E-state index contributed by atoms with van der Waals surface area (Å²) in [6, 6.07) is 0. The van der Waals surface area contributed by atoms with Gasteiger partial charge in [-0.2, -0.15) is 0 Å². The molecule has 0 aliphatic heterocycles. The molecule has 0 heterocycles. The number of aliphatic hydroxyl groups is 1. The van der Waals surface area contributed by atoms with Gasteiger partial charge < -0.3 is 9.53 Å². The van der Waals surface area contributed by atoms with Crippen molar-refractivity contribution in [2.45, 2.75) is 52.0 Å². The SMILES string of the molecule is CCCCC(C)(O)O[SiH](C)C. The highest BCUT2D eigenvalue weighted by atomic mass is 28.3. The Kier molecular flexibility index (Phi) is 4.96. The van der Waals surface area contributed by atoms with Gasteiger partial charge in [0.15, 0.2) is 14.8 Å². The molecule has 0 spiro atoms. The van der Waals surface area contributed by atoms with E-state index in [-0.39, 0.29) is 0 Å². The van der Waals surface area contributed by atoms with Crippen LogP contribution in [-0.2, 0) is 4.43 Å². The Hall–Kier alpha value is 0.137. The van der Waals surface area contributed by atoms with Crippen LogP contribution in [0, 0.1) is 0 Å². The van der Waals surface area contributed by atoms with Crippen LogP contribution in [0.5, 0.6) is 0 Å². The van der Waals surface area contributed by atoms with Crippen LogP contribution in [0.25, 0.3) is 0 Å². The van der Waals surface area contributed by atoms with Crippen LogP contribution in [0.3, 0.4) is 0 Å². The van der Waals surface area contributed by atoms with Gasteiger partial charge in [0, 0.05) is 0 Å².